The van der Waals surface area contributed by atoms with Crippen LogP contribution in [0.1, 0.15) is 18.2 Å². The quantitative estimate of drug-likeness (QED) is 0.726. The van der Waals surface area contributed by atoms with Crippen molar-refractivity contribution in [3.8, 4) is 5.75 Å². The number of hydrogen-bond acceptors (Lipinski definition) is 4. The number of carbonyl (C=O) groups excluding carboxylic acids is 1. The minimum absolute atomic E-state index is 0.111. The number of rotatable bonds is 3. The summed E-state index contributed by atoms with van der Waals surface area (Å²) in [5.41, 5.74) is 1.89. The van der Waals surface area contributed by atoms with Crippen LogP contribution in [0, 0.1) is 0 Å². The molecule has 0 radical (unpaired) electrons. The van der Waals surface area contributed by atoms with Crippen LogP contribution in [-0.4, -0.2) is 32.8 Å². The molecule has 6 heteroatoms. The molecule has 26 heavy (non-hydrogen) atoms. The zero-order valence-electron chi connectivity index (χ0n) is 14.5. The van der Waals surface area contributed by atoms with Gasteiger partial charge in [0.1, 0.15) is 11.4 Å². The van der Waals surface area contributed by atoms with Gasteiger partial charge in [0.25, 0.3) is 11.5 Å². The minimum atomic E-state index is -0.616. The fraction of sp³-hybridized carbons (Fsp3) is 0.250. The number of para-hydroxylation sites is 1. The van der Waals surface area contributed by atoms with Gasteiger partial charge >= 0.3 is 0 Å². The summed E-state index contributed by atoms with van der Waals surface area (Å²) >= 11 is 0. The first kappa shape index (κ1) is 16.3. The first-order valence-corrected chi connectivity index (χ1v) is 8.63. The number of hydrogen-bond donors (Lipinski definition) is 0. The molecule has 2 aromatic heterocycles. The number of aromatic nitrogens is 2. The second-order valence-corrected chi connectivity index (χ2v) is 6.35. The van der Waals surface area contributed by atoms with Crippen LogP contribution in [0.3, 0.4) is 0 Å². The van der Waals surface area contributed by atoms with Gasteiger partial charge in [0.15, 0.2) is 6.10 Å². The highest BCUT2D eigenvalue weighted by Crippen LogP contribution is 2.18. The molecule has 0 bridgehead atoms. The summed E-state index contributed by atoms with van der Waals surface area (Å²) in [6, 6.07) is 14.7. The molecule has 0 unspecified atom stereocenters. The van der Waals surface area contributed by atoms with Crippen molar-refractivity contribution in [1.82, 2.24) is 14.3 Å². The third-order valence-corrected chi connectivity index (χ3v) is 4.60. The lowest BCUT2D eigenvalue weighted by molar-refractivity contribution is -0.138. The summed E-state index contributed by atoms with van der Waals surface area (Å²) in [7, 11) is 0. The highest BCUT2D eigenvalue weighted by molar-refractivity contribution is 5.81. The molecule has 0 N–H and O–H groups in total. The predicted octanol–water partition coefficient (Wildman–Crippen LogP) is 2.05. The molecule has 3 heterocycles. The van der Waals surface area contributed by atoms with Crippen molar-refractivity contribution in [1.29, 1.82) is 0 Å². The summed E-state index contributed by atoms with van der Waals surface area (Å²) < 4.78 is 7.25. The molecule has 6 nitrogen and oxygen atoms in total. The van der Waals surface area contributed by atoms with Crippen molar-refractivity contribution < 1.29 is 9.53 Å². The lowest BCUT2D eigenvalue weighted by Crippen LogP contribution is -2.45. The number of nitrogens with zero attached hydrogens (tertiary/aromatic N) is 3. The lowest BCUT2D eigenvalue weighted by atomic mass is 10.1. The Kier molecular flexibility index (Phi) is 4.16. The van der Waals surface area contributed by atoms with E-state index in [1.165, 1.54) is 4.40 Å². The Morgan fingerprint density at radius 2 is 1.92 bits per heavy atom. The van der Waals surface area contributed by atoms with E-state index in [0.29, 0.717) is 29.9 Å². The van der Waals surface area contributed by atoms with E-state index in [-0.39, 0.29) is 18.0 Å². The van der Waals surface area contributed by atoms with Gasteiger partial charge in [-0.2, -0.15) is 0 Å². The van der Waals surface area contributed by atoms with Gasteiger partial charge in [-0.05, 0) is 31.2 Å². The van der Waals surface area contributed by atoms with Gasteiger partial charge in [-0.25, -0.2) is 4.98 Å². The molecule has 3 aromatic rings. The van der Waals surface area contributed by atoms with E-state index in [2.05, 4.69) is 4.98 Å². The molecule has 0 saturated heterocycles. The SMILES string of the molecule is C[C@H](Oc1ccccc1)C(=O)N1CCc2nc3ccccn3c(=O)c2C1. The van der Waals surface area contributed by atoms with Crippen LogP contribution in [0.25, 0.3) is 5.65 Å². The number of fused-ring (bicyclic) bond motifs is 2. The summed E-state index contributed by atoms with van der Waals surface area (Å²) in [6.45, 7) is 2.53. The second-order valence-electron chi connectivity index (χ2n) is 6.35. The fourth-order valence-corrected chi connectivity index (χ4v) is 3.25. The number of amides is 1. The highest BCUT2D eigenvalue weighted by atomic mass is 16.5. The summed E-state index contributed by atoms with van der Waals surface area (Å²) in [5.74, 6) is 0.524. The Morgan fingerprint density at radius 1 is 1.15 bits per heavy atom. The average Bonchev–Trinajstić information content (AvgIpc) is 2.68. The highest BCUT2D eigenvalue weighted by Gasteiger charge is 2.28. The Morgan fingerprint density at radius 3 is 2.73 bits per heavy atom. The summed E-state index contributed by atoms with van der Waals surface area (Å²) in [6.07, 6.45) is 1.65. The second kappa shape index (κ2) is 6.63. The van der Waals surface area contributed by atoms with Crippen LogP contribution in [0.15, 0.2) is 59.5 Å². The van der Waals surface area contributed by atoms with E-state index in [4.69, 9.17) is 4.74 Å². The molecule has 1 atom stereocenters. The molecule has 132 valence electrons. The number of pyridine rings is 1. The third-order valence-electron chi connectivity index (χ3n) is 4.60. The Labute approximate surface area is 150 Å². The van der Waals surface area contributed by atoms with E-state index in [9.17, 15) is 9.59 Å². The monoisotopic (exact) mass is 349 g/mol. The normalized spacial score (nSPS) is 14.7. The van der Waals surface area contributed by atoms with Gasteiger partial charge in [-0.1, -0.05) is 24.3 Å². The Hall–Kier alpha value is -3.15. The summed E-state index contributed by atoms with van der Waals surface area (Å²) in [4.78, 5) is 31.8. The summed E-state index contributed by atoms with van der Waals surface area (Å²) in [5, 5.41) is 0. The van der Waals surface area contributed by atoms with Gasteiger partial charge in [0.2, 0.25) is 0 Å². The van der Waals surface area contributed by atoms with E-state index in [1.807, 2.05) is 42.5 Å². The molecule has 0 aliphatic carbocycles. The molecule has 0 spiro atoms. The maximum atomic E-state index is 12.8. The third kappa shape index (κ3) is 2.94. The molecule has 1 amide bonds. The first-order valence-electron chi connectivity index (χ1n) is 8.63. The van der Waals surface area contributed by atoms with Crippen molar-refractivity contribution >= 4 is 11.6 Å². The van der Waals surface area contributed by atoms with Gasteiger partial charge in [0.05, 0.1) is 17.8 Å². The smallest absolute Gasteiger partial charge is 0.263 e. The van der Waals surface area contributed by atoms with Crippen LogP contribution in [-0.2, 0) is 17.8 Å². The molecule has 1 aliphatic rings. The van der Waals surface area contributed by atoms with Crippen molar-refractivity contribution in [3.05, 3.63) is 76.3 Å². The molecule has 4 rings (SSSR count). The van der Waals surface area contributed by atoms with Crippen molar-refractivity contribution in [2.24, 2.45) is 0 Å². The maximum absolute atomic E-state index is 12.8. The molecule has 1 aliphatic heterocycles. The topological polar surface area (TPSA) is 63.9 Å². The van der Waals surface area contributed by atoms with Crippen molar-refractivity contribution in [2.45, 2.75) is 26.0 Å². The zero-order chi connectivity index (χ0) is 18.1. The van der Waals surface area contributed by atoms with Gasteiger partial charge < -0.3 is 9.64 Å². The zero-order valence-corrected chi connectivity index (χ0v) is 14.5. The molecule has 1 aromatic carbocycles. The standard InChI is InChI=1S/C20H19N3O3/c1-14(26-15-7-3-2-4-8-15)19(24)22-12-10-17-16(13-22)20(25)23-11-6-5-9-18(23)21-17/h2-9,11,14H,10,12-13H2,1H3/t14-/m0/s1. The Balaban J connectivity index is 1.57. The molecule has 0 fully saturated rings. The minimum Gasteiger partial charge on any atom is -0.481 e. The van der Waals surface area contributed by atoms with Crippen LogP contribution in [0.4, 0.5) is 0 Å². The lowest BCUT2D eigenvalue weighted by Gasteiger charge is -2.30. The van der Waals surface area contributed by atoms with Crippen LogP contribution in [0.5, 0.6) is 5.75 Å². The molecular formula is C20H19N3O3. The first-order chi connectivity index (χ1) is 12.6. The average molecular weight is 349 g/mol. The molecular weight excluding hydrogens is 330 g/mol. The maximum Gasteiger partial charge on any atom is 0.263 e. The van der Waals surface area contributed by atoms with E-state index in [0.717, 1.165) is 5.69 Å². The van der Waals surface area contributed by atoms with Crippen molar-refractivity contribution in [2.75, 3.05) is 6.54 Å². The van der Waals surface area contributed by atoms with Crippen LogP contribution < -0.4 is 10.3 Å². The Bertz CT molecular complexity index is 1010. The fourth-order valence-electron chi connectivity index (χ4n) is 3.25. The van der Waals surface area contributed by atoms with E-state index < -0.39 is 6.10 Å². The van der Waals surface area contributed by atoms with Gasteiger partial charge in [0, 0.05) is 19.2 Å². The number of carbonyl (C=O) groups is 1. The molecule has 0 saturated carbocycles. The van der Waals surface area contributed by atoms with Crippen molar-refractivity contribution in [3.63, 3.8) is 0 Å². The van der Waals surface area contributed by atoms with Crippen LogP contribution in [0.2, 0.25) is 0 Å². The largest absolute Gasteiger partial charge is 0.481 e. The van der Waals surface area contributed by atoms with E-state index in [1.54, 1.807) is 24.1 Å². The predicted molar refractivity (Wildman–Crippen MR) is 97.1 cm³/mol. The van der Waals surface area contributed by atoms with Gasteiger partial charge in [-0.15, -0.1) is 0 Å². The van der Waals surface area contributed by atoms with Crippen LogP contribution >= 0.6 is 0 Å². The van der Waals surface area contributed by atoms with Gasteiger partial charge in [-0.3, -0.25) is 14.0 Å². The number of benzene rings is 1. The van der Waals surface area contributed by atoms with E-state index >= 15 is 0 Å². The number of ether oxygens (including phenoxy) is 1.